The predicted octanol–water partition coefficient (Wildman–Crippen LogP) is 4.88. The molecule has 0 atom stereocenters. The van der Waals surface area contributed by atoms with Crippen molar-refractivity contribution in [3.63, 3.8) is 0 Å². The van der Waals surface area contributed by atoms with Crippen LogP contribution in [0.3, 0.4) is 0 Å². The van der Waals surface area contributed by atoms with Crippen LogP contribution in [0.25, 0.3) is 21.5 Å². The number of benzene rings is 1. The highest BCUT2D eigenvalue weighted by Crippen LogP contribution is 2.50. The monoisotopic (exact) mass is 656 g/mol. The summed E-state index contributed by atoms with van der Waals surface area (Å²) in [7, 11) is 2.79. The lowest BCUT2D eigenvalue weighted by molar-refractivity contribution is -0.154. The molecule has 0 spiro atoms. The van der Waals surface area contributed by atoms with Gasteiger partial charge in [-0.3, -0.25) is 28.1 Å². The van der Waals surface area contributed by atoms with Crippen molar-refractivity contribution in [2.24, 2.45) is 24.5 Å². The van der Waals surface area contributed by atoms with Crippen LogP contribution in [-0.2, 0) is 47.7 Å². The van der Waals surface area contributed by atoms with Crippen LogP contribution in [0.2, 0.25) is 0 Å². The number of hydrogen-bond acceptors (Lipinski definition) is 7. The first-order valence-corrected chi connectivity index (χ1v) is 15.1. The summed E-state index contributed by atoms with van der Waals surface area (Å²) in [6.07, 6.45) is -3.19. The Labute approximate surface area is 253 Å². The van der Waals surface area contributed by atoms with Crippen molar-refractivity contribution >= 4 is 44.8 Å². The number of carbonyl (C=O) groups excluding carboxylic acids is 2. The molecular formula is C28H25F5N4O5S2. The number of thiophene rings is 1. The fourth-order valence-electron chi connectivity index (χ4n) is 5.09. The molecule has 0 unspecified atom stereocenters. The highest BCUT2D eigenvalue weighted by atomic mass is 32.1. The first kappa shape index (κ1) is 31.5. The van der Waals surface area contributed by atoms with E-state index in [1.807, 2.05) is 6.92 Å². The molecule has 0 N–H and O–H groups in total. The molecule has 0 radical (unpaired) electrons. The van der Waals surface area contributed by atoms with Gasteiger partial charge < -0.3 is 4.74 Å². The molecule has 0 aliphatic heterocycles. The summed E-state index contributed by atoms with van der Waals surface area (Å²) in [6, 6.07) is 1.30. The summed E-state index contributed by atoms with van der Waals surface area (Å²) in [4.78, 5) is 55.3. The smallest absolute Gasteiger partial charge is 0.422 e. The van der Waals surface area contributed by atoms with E-state index in [1.54, 1.807) is 5.38 Å². The lowest BCUT2D eigenvalue weighted by atomic mass is 10.0. The minimum Gasteiger partial charge on any atom is -0.443 e. The topological polar surface area (TPSA) is 105 Å². The quantitative estimate of drug-likeness (QED) is 0.199. The van der Waals surface area contributed by atoms with Crippen molar-refractivity contribution < 1.29 is 36.3 Å². The van der Waals surface area contributed by atoms with Gasteiger partial charge in [0.2, 0.25) is 0 Å². The van der Waals surface area contributed by atoms with Gasteiger partial charge in [0.15, 0.2) is 11.5 Å². The highest BCUT2D eigenvalue weighted by Gasteiger charge is 2.50. The van der Waals surface area contributed by atoms with Gasteiger partial charge in [-0.25, -0.2) is 13.6 Å². The number of rotatable bonds is 8. The van der Waals surface area contributed by atoms with Crippen LogP contribution < -0.4 is 16.1 Å². The van der Waals surface area contributed by atoms with Crippen molar-refractivity contribution in [1.82, 2.24) is 13.7 Å². The maximum absolute atomic E-state index is 15.2. The number of aryl methyl sites for hydroxylation is 1. The van der Waals surface area contributed by atoms with Gasteiger partial charge in [0.1, 0.15) is 22.0 Å². The molecule has 16 heteroatoms. The van der Waals surface area contributed by atoms with Gasteiger partial charge in [-0.1, -0.05) is 13.3 Å². The second-order valence-electron chi connectivity index (χ2n) is 10.5. The van der Waals surface area contributed by atoms with Crippen LogP contribution >= 0.6 is 22.7 Å². The number of nitrogens with zero attached hydrogens (tertiary/aromatic N) is 4. The molecule has 1 saturated carbocycles. The number of thiazole rings is 1. The number of amides is 1. The summed E-state index contributed by atoms with van der Waals surface area (Å²) < 4.78 is 78.4. The Balaban J connectivity index is 1.57. The van der Waals surface area contributed by atoms with Crippen LogP contribution in [0.4, 0.5) is 22.0 Å². The van der Waals surface area contributed by atoms with Gasteiger partial charge in [0, 0.05) is 25.0 Å². The van der Waals surface area contributed by atoms with Crippen molar-refractivity contribution in [1.29, 1.82) is 0 Å². The lowest BCUT2D eigenvalue weighted by Crippen LogP contribution is -2.36. The van der Waals surface area contributed by atoms with Gasteiger partial charge in [-0.15, -0.1) is 22.7 Å². The van der Waals surface area contributed by atoms with Gasteiger partial charge in [0.25, 0.3) is 11.5 Å². The molecule has 3 heterocycles. The Hall–Kier alpha value is -3.92. The van der Waals surface area contributed by atoms with E-state index >= 15 is 4.39 Å². The Morgan fingerprint density at radius 2 is 1.77 bits per heavy atom. The zero-order valence-electron chi connectivity index (χ0n) is 23.6. The second-order valence-corrected chi connectivity index (χ2v) is 12.2. The third-order valence-electron chi connectivity index (χ3n) is 7.59. The number of hydrogen-bond donors (Lipinski definition) is 0. The van der Waals surface area contributed by atoms with E-state index in [2.05, 4.69) is 4.99 Å². The van der Waals surface area contributed by atoms with Crippen LogP contribution in [0.15, 0.2) is 37.5 Å². The summed E-state index contributed by atoms with van der Waals surface area (Å²) in [5.74, 6) is -4.98. The van der Waals surface area contributed by atoms with Crippen LogP contribution in [0.5, 0.6) is 0 Å². The molecule has 4 aromatic rings. The normalized spacial score (nSPS) is 14.8. The SMILES string of the molecule is CCCC1(C(=O)OCn2c(-c3ccc(F)c(C(F)(F)F)c3F)csc2=NC(=O)Cc2csc3c2c(=O)n(C)c(=O)n3C)CC1. The summed E-state index contributed by atoms with van der Waals surface area (Å²) in [6.45, 7) is 1.31. The largest absolute Gasteiger partial charge is 0.443 e. The molecule has 9 nitrogen and oxygen atoms in total. The van der Waals surface area contributed by atoms with Crippen molar-refractivity contribution in [2.75, 3.05) is 0 Å². The number of fused-ring (bicyclic) bond motifs is 1. The number of halogens is 5. The third-order valence-corrected chi connectivity index (χ3v) is 9.56. The molecule has 1 aliphatic rings. The van der Waals surface area contributed by atoms with E-state index in [1.165, 1.54) is 24.0 Å². The van der Waals surface area contributed by atoms with Crippen molar-refractivity contribution in [2.45, 2.75) is 51.9 Å². The molecule has 0 bridgehead atoms. The van der Waals surface area contributed by atoms with Crippen molar-refractivity contribution in [3.05, 3.63) is 71.3 Å². The van der Waals surface area contributed by atoms with Gasteiger partial charge >= 0.3 is 17.8 Å². The third kappa shape index (κ3) is 5.56. The molecule has 44 heavy (non-hydrogen) atoms. The number of alkyl halides is 3. The summed E-state index contributed by atoms with van der Waals surface area (Å²) >= 11 is 1.86. The van der Waals surface area contributed by atoms with Crippen LogP contribution in [0, 0.1) is 17.0 Å². The Kier molecular flexibility index (Phi) is 8.26. The number of aromatic nitrogens is 3. The molecule has 1 fully saturated rings. The molecule has 1 amide bonds. The molecule has 3 aromatic heterocycles. The lowest BCUT2D eigenvalue weighted by Gasteiger charge is -2.16. The molecular weight excluding hydrogens is 631 g/mol. The highest BCUT2D eigenvalue weighted by molar-refractivity contribution is 7.17. The Morgan fingerprint density at radius 1 is 1.07 bits per heavy atom. The van der Waals surface area contributed by atoms with E-state index in [0.29, 0.717) is 35.7 Å². The van der Waals surface area contributed by atoms with E-state index in [4.69, 9.17) is 4.74 Å². The summed E-state index contributed by atoms with van der Waals surface area (Å²) in [5.41, 5.74) is -4.44. The molecule has 0 saturated heterocycles. The molecule has 5 rings (SSSR count). The number of carbonyl (C=O) groups is 2. The zero-order chi connectivity index (χ0) is 32.1. The average molecular weight is 657 g/mol. The molecule has 234 valence electrons. The fraction of sp³-hybridized carbons (Fsp3) is 0.393. The van der Waals surface area contributed by atoms with Crippen LogP contribution in [-0.4, -0.2) is 25.6 Å². The van der Waals surface area contributed by atoms with Gasteiger partial charge in [0.05, 0.1) is 22.9 Å². The average Bonchev–Trinajstić information content (AvgIpc) is 3.46. The first-order chi connectivity index (χ1) is 20.7. The number of esters is 1. The maximum Gasteiger partial charge on any atom is 0.422 e. The van der Waals surface area contributed by atoms with Crippen molar-refractivity contribution in [3.8, 4) is 11.3 Å². The minimum absolute atomic E-state index is 0.129. The van der Waals surface area contributed by atoms with E-state index < -0.39 is 64.2 Å². The van der Waals surface area contributed by atoms with E-state index in [9.17, 15) is 36.7 Å². The Morgan fingerprint density at radius 3 is 2.41 bits per heavy atom. The molecule has 1 aliphatic carbocycles. The molecule has 1 aromatic carbocycles. The standard InChI is InChI=1S/C28H25F5N4O5S2/c1-4-7-27(8-9-27)24(40)42-13-37-17(15-5-6-16(29)20(21(15)30)28(31,32)33)12-44-25(37)34-18(38)10-14-11-43-23-19(14)22(39)35(2)26(41)36(23)3/h5-6,11-12H,4,7-10,13H2,1-3H3. The Bertz CT molecular complexity index is 2000. The van der Waals surface area contributed by atoms with E-state index in [-0.39, 0.29) is 22.3 Å². The predicted molar refractivity (Wildman–Crippen MR) is 152 cm³/mol. The summed E-state index contributed by atoms with van der Waals surface area (Å²) in [5, 5.41) is 2.93. The zero-order valence-corrected chi connectivity index (χ0v) is 25.2. The second kappa shape index (κ2) is 11.5. The van der Waals surface area contributed by atoms with E-state index in [0.717, 1.165) is 44.3 Å². The fourth-order valence-corrected chi connectivity index (χ4v) is 7.03. The van der Waals surface area contributed by atoms with Gasteiger partial charge in [-0.05, 0) is 42.3 Å². The first-order valence-electron chi connectivity index (χ1n) is 13.3. The number of ether oxygens (including phenoxy) is 1. The van der Waals surface area contributed by atoms with Gasteiger partial charge in [-0.2, -0.15) is 18.2 Å². The minimum atomic E-state index is -5.33. The maximum atomic E-state index is 15.2. The van der Waals surface area contributed by atoms with Crippen LogP contribution in [0.1, 0.15) is 43.7 Å².